The van der Waals surface area contributed by atoms with Crippen molar-refractivity contribution in [2.75, 3.05) is 0 Å². The number of fused-ring (bicyclic) bond motifs is 3. The van der Waals surface area contributed by atoms with E-state index in [1.165, 1.54) is 16.3 Å². The van der Waals surface area contributed by atoms with Crippen molar-refractivity contribution < 1.29 is 0 Å². The lowest BCUT2D eigenvalue weighted by molar-refractivity contribution is 0.652. The molecule has 4 rings (SSSR count). The van der Waals surface area contributed by atoms with Crippen LogP contribution >= 0.6 is 0 Å². The molecule has 0 aliphatic rings. The molecule has 4 heteroatoms. The Bertz CT molecular complexity index is 1090. The standard InChI is InChI=1S/C21H20N4/c1-3-4-13-24-19-8-6-5-7-18(19)20-15(2)23-25(21(20)24)17-11-9-16(14-22)10-12-17/h5-12H,3-4,13H2,1-2H3. The van der Waals surface area contributed by atoms with E-state index in [2.05, 4.69) is 48.7 Å². The molecule has 25 heavy (non-hydrogen) atoms. The molecule has 0 amide bonds. The fourth-order valence-corrected chi connectivity index (χ4v) is 3.51. The first-order valence-electron chi connectivity index (χ1n) is 8.71. The van der Waals surface area contributed by atoms with E-state index < -0.39 is 0 Å². The third-order valence-electron chi connectivity index (χ3n) is 4.73. The summed E-state index contributed by atoms with van der Waals surface area (Å²) in [6, 6.07) is 18.3. The Morgan fingerprint density at radius 1 is 1.08 bits per heavy atom. The zero-order chi connectivity index (χ0) is 17.4. The number of benzene rings is 2. The molecule has 4 nitrogen and oxygen atoms in total. The van der Waals surface area contributed by atoms with Crippen LogP contribution < -0.4 is 0 Å². The molecule has 0 aliphatic heterocycles. The van der Waals surface area contributed by atoms with Crippen LogP contribution in [-0.4, -0.2) is 14.3 Å². The van der Waals surface area contributed by atoms with Gasteiger partial charge in [-0.15, -0.1) is 0 Å². The van der Waals surface area contributed by atoms with Crippen molar-refractivity contribution in [1.82, 2.24) is 14.3 Å². The van der Waals surface area contributed by atoms with Crippen molar-refractivity contribution in [3.05, 3.63) is 59.8 Å². The van der Waals surface area contributed by atoms with Gasteiger partial charge in [0.25, 0.3) is 0 Å². The van der Waals surface area contributed by atoms with Crippen LogP contribution in [0.1, 0.15) is 31.0 Å². The van der Waals surface area contributed by atoms with Gasteiger partial charge in [-0.1, -0.05) is 31.5 Å². The molecule has 0 saturated carbocycles. The van der Waals surface area contributed by atoms with Gasteiger partial charge in [-0.05, 0) is 43.7 Å². The minimum atomic E-state index is 0.662. The van der Waals surface area contributed by atoms with Gasteiger partial charge in [-0.3, -0.25) is 0 Å². The highest BCUT2D eigenvalue weighted by molar-refractivity contribution is 6.08. The summed E-state index contributed by atoms with van der Waals surface area (Å²) >= 11 is 0. The lowest BCUT2D eigenvalue weighted by Gasteiger charge is -2.09. The van der Waals surface area contributed by atoms with Gasteiger partial charge in [-0.2, -0.15) is 10.4 Å². The molecule has 0 fully saturated rings. The first-order valence-corrected chi connectivity index (χ1v) is 8.71. The van der Waals surface area contributed by atoms with E-state index in [4.69, 9.17) is 10.4 Å². The van der Waals surface area contributed by atoms with Crippen LogP contribution in [0, 0.1) is 18.3 Å². The van der Waals surface area contributed by atoms with E-state index in [0.29, 0.717) is 5.56 Å². The molecule has 2 aromatic heterocycles. The molecule has 0 saturated heterocycles. The second-order valence-corrected chi connectivity index (χ2v) is 6.38. The fraction of sp³-hybridized carbons (Fsp3) is 0.238. The van der Waals surface area contributed by atoms with E-state index in [-0.39, 0.29) is 0 Å². The smallest absolute Gasteiger partial charge is 0.145 e. The topological polar surface area (TPSA) is 46.5 Å². The molecular weight excluding hydrogens is 308 g/mol. The minimum absolute atomic E-state index is 0.662. The molecule has 4 aromatic rings. The number of nitriles is 1. The lowest BCUT2D eigenvalue weighted by Crippen LogP contribution is -2.05. The summed E-state index contributed by atoms with van der Waals surface area (Å²) in [6.07, 6.45) is 2.28. The van der Waals surface area contributed by atoms with Crippen molar-refractivity contribution in [2.45, 2.75) is 33.2 Å². The summed E-state index contributed by atoms with van der Waals surface area (Å²) in [5, 5.41) is 16.3. The number of hydrogen-bond donors (Lipinski definition) is 0. The predicted octanol–water partition coefficient (Wildman–Crippen LogP) is 4.96. The van der Waals surface area contributed by atoms with Crippen LogP contribution in [0.2, 0.25) is 0 Å². The summed E-state index contributed by atoms with van der Waals surface area (Å²) in [5.74, 6) is 0. The van der Waals surface area contributed by atoms with Crippen LogP contribution in [0.25, 0.3) is 27.6 Å². The average molecular weight is 328 g/mol. The monoisotopic (exact) mass is 328 g/mol. The second-order valence-electron chi connectivity index (χ2n) is 6.38. The van der Waals surface area contributed by atoms with Gasteiger partial charge >= 0.3 is 0 Å². The lowest BCUT2D eigenvalue weighted by atomic mass is 10.2. The Morgan fingerprint density at radius 2 is 1.84 bits per heavy atom. The van der Waals surface area contributed by atoms with Crippen molar-refractivity contribution in [3.63, 3.8) is 0 Å². The average Bonchev–Trinajstić information content (AvgIpc) is 3.16. The number of aryl methyl sites for hydroxylation is 2. The zero-order valence-electron chi connectivity index (χ0n) is 14.5. The zero-order valence-corrected chi connectivity index (χ0v) is 14.5. The molecule has 0 atom stereocenters. The van der Waals surface area contributed by atoms with E-state index in [1.807, 2.05) is 28.9 Å². The van der Waals surface area contributed by atoms with Crippen molar-refractivity contribution in [1.29, 1.82) is 5.26 Å². The summed E-state index contributed by atoms with van der Waals surface area (Å²) in [4.78, 5) is 0. The number of nitrogens with zero attached hydrogens (tertiary/aromatic N) is 4. The Balaban J connectivity index is 2.03. The molecular formula is C21H20N4. The Labute approximate surface area is 146 Å². The van der Waals surface area contributed by atoms with E-state index in [9.17, 15) is 0 Å². The third-order valence-corrected chi connectivity index (χ3v) is 4.73. The molecule has 0 unspecified atom stereocenters. The van der Waals surface area contributed by atoms with Gasteiger partial charge < -0.3 is 4.57 Å². The largest absolute Gasteiger partial charge is 0.325 e. The number of unbranched alkanes of at least 4 members (excludes halogenated alkanes) is 1. The third kappa shape index (κ3) is 2.40. The van der Waals surface area contributed by atoms with Gasteiger partial charge in [0.15, 0.2) is 0 Å². The number of para-hydroxylation sites is 1. The van der Waals surface area contributed by atoms with Gasteiger partial charge in [0, 0.05) is 17.3 Å². The van der Waals surface area contributed by atoms with Crippen LogP contribution in [0.4, 0.5) is 0 Å². The van der Waals surface area contributed by atoms with E-state index in [0.717, 1.165) is 36.4 Å². The predicted molar refractivity (Wildman–Crippen MR) is 101 cm³/mol. The maximum Gasteiger partial charge on any atom is 0.145 e. The Kier molecular flexibility index (Phi) is 3.77. The minimum Gasteiger partial charge on any atom is -0.325 e. The highest BCUT2D eigenvalue weighted by Gasteiger charge is 2.19. The molecule has 124 valence electrons. The van der Waals surface area contributed by atoms with Gasteiger partial charge in [-0.25, -0.2) is 4.68 Å². The van der Waals surface area contributed by atoms with Crippen LogP contribution in [-0.2, 0) is 6.54 Å². The number of rotatable bonds is 4. The van der Waals surface area contributed by atoms with Crippen LogP contribution in [0.15, 0.2) is 48.5 Å². The molecule has 2 aromatic carbocycles. The van der Waals surface area contributed by atoms with Gasteiger partial charge in [0.2, 0.25) is 0 Å². The van der Waals surface area contributed by atoms with E-state index >= 15 is 0 Å². The van der Waals surface area contributed by atoms with Crippen molar-refractivity contribution >= 4 is 21.9 Å². The first-order chi connectivity index (χ1) is 12.2. The van der Waals surface area contributed by atoms with Crippen molar-refractivity contribution in [3.8, 4) is 11.8 Å². The van der Waals surface area contributed by atoms with Crippen LogP contribution in [0.3, 0.4) is 0 Å². The number of hydrogen-bond acceptors (Lipinski definition) is 2. The summed E-state index contributed by atoms with van der Waals surface area (Å²) < 4.78 is 4.40. The Morgan fingerprint density at radius 3 is 2.56 bits per heavy atom. The molecule has 2 heterocycles. The SMILES string of the molecule is CCCCn1c2ccccc2c2c(C)nn(-c3ccc(C#N)cc3)c21. The summed E-state index contributed by atoms with van der Waals surface area (Å²) in [6.45, 7) is 5.26. The van der Waals surface area contributed by atoms with Crippen LogP contribution in [0.5, 0.6) is 0 Å². The number of aromatic nitrogens is 3. The van der Waals surface area contributed by atoms with E-state index in [1.54, 1.807) is 0 Å². The molecule has 0 spiro atoms. The fourth-order valence-electron chi connectivity index (χ4n) is 3.51. The molecule has 0 aliphatic carbocycles. The maximum absolute atomic E-state index is 9.03. The second kappa shape index (κ2) is 6.10. The quantitative estimate of drug-likeness (QED) is 0.531. The van der Waals surface area contributed by atoms with Crippen molar-refractivity contribution in [2.24, 2.45) is 0 Å². The molecule has 0 radical (unpaired) electrons. The molecule has 0 bridgehead atoms. The molecule has 0 N–H and O–H groups in total. The van der Waals surface area contributed by atoms with Gasteiger partial charge in [0.1, 0.15) is 5.65 Å². The summed E-state index contributed by atoms with van der Waals surface area (Å²) in [7, 11) is 0. The highest BCUT2D eigenvalue weighted by Crippen LogP contribution is 2.33. The summed E-state index contributed by atoms with van der Waals surface area (Å²) in [5.41, 5.74) is 5.07. The first kappa shape index (κ1) is 15.5. The maximum atomic E-state index is 9.03. The highest BCUT2D eigenvalue weighted by atomic mass is 15.3. The Hall–Kier alpha value is -3.06. The normalized spacial score (nSPS) is 11.2. The van der Waals surface area contributed by atoms with Gasteiger partial charge in [0.05, 0.1) is 28.5 Å².